The molecule has 0 bridgehead atoms. The highest BCUT2D eigenvalue weighted by molar-refractivity contribution is 5.72. The topological polar surface area (TPSA) is 63.0 Å². The van der Waals surface area contributed by atoms with Gasteiger partial charge in [-0.3, -0.25) is 4.79 Å². The summed E-state index contributed by atoms with van der Waals surface area (Å²) in [6.45, 7) is 1.41. The van der Waals surface area contributed by atoms with Gasteiger partial charge in [-0.05, 0) is 13.0 Å². The van der Waals surface area contributed by atoms with Gasteiger partial charge in [0.05, 0.1) is 24.3 Å². The molecule has 0 aliphatic heterocycles. The van der Waals surface area contributed by atoms with Gasteiger partial charge in [-0.15, -0.1) is 0 Å². The van der Waals surface area contributed by atoms with Crippen LogP contribution in [0.1, 0.15) is 35.9 Å². The Hall–Kier alpha value is -2.24. The molecule has 0 unspecified atom stereocenters. The summed E-state index contributed by atoms with van der Waals surface area (Å²) >= 11 is 0. The van der Waals surface area contributed by atoms with E-state index in [4.69, 9.17) is 5.26 Å². The molecule has 0 saturated heterocycles. The molecule has 0 fully saturated rings. The van der Waals surface area contributed by atoms with Crippen LogP contribution >= 0.6 is 0 Å². The molecule has 0 spiro atoms. The fourth-order valence-corrected chi connectivity index (χ4v) is 1.55. The van der Waals surface area contributed by atoms with Crippen LogP contribution in [0.3, 0.4) is 0 Å². The third kappa shape index (κ3) is 4.11. The maximum Gasteiger partial charge on any atom is 0.434 e. The van der Waals surface area contributed by atoms with Gasteiger partial charge in [0.25, 0.3) is 6.43 Å². The Labute approximate surface area is 116 Å². The first-order valence-corrected chi connectivity index (χ1v) is 5.65. The molecule has 4 nitrogen and oxygen atoms in total. The molecule has 1 rings (SSSR count). The number of pyridine rings is 1. The van der Waals surface area contributed by atoms with E-state index in [2.05, 4.69) is 9.72 Å². The molecule has 1 aromatic rings. The fourth-order valence-electron chi connectivity index (χ4n) is 1.55. The van der Waals surface area contributed by atoms with E-state index in [0.29, 0.717) is 6.07 Å². The van der Waals surface area contributed by atoms with Crippen LogP contribution in [0, 0.1) is 11.3 Å². The van der Waals surface area contributed by atoms with E-state index >= 15 is 0 Å². The van der Waals surface area contributed by atoms with Crippen LogP contribution in [-0.4, -0.2) is 17.6 Å². The van der Waals surface area contributed by atoms with E-state index in [1.165, 1.54) is 13.0 Å². The summed E-state index contributed by atoms with van der Waals surface area (Å²) in [5.74, 6) is -0.982. The van der Waals surface area contributed by atoms with Gasteiger partial charge in [0, 0.05) is 5.56 Å². The van der Waals surface area contributed by atoms with Crippen LogP contribution < -0.4 is 0 Å². The Kier molecular flexibility index (Phi) is 5.18. The van der Waals surface area contributed by atoms with E-state index < -0.39 is 47.5 Å². The highest BCUT2D eigenvalue weighted by atomic mass is 19.4. The van der Waals surface area contributed by atoms with Gasteiger partial charge < -0.3 is 4.74 Å². The Morgan fingerprint density at radius 2 is 2.10 bits per heavy atom. The molecule has 0 saturated carbocycles. The zero-order chi connectivity index (χ0) is 16.2. The molecule has 0 N–H and O–H groups in total. The summed E-state index contributed by atoms with van der Waals surface area (Å²) in [6.07, 6.45) is -8.99. The van der Waals surface area contributed by atoms with Crippen molar-refractivity contribution in [2.75, 3.05) is 6.61 Å². The summed E-state index contributed by atoms with van der Waals surface area (Å²) in [6, 6.07) is 1.57. The smallest absolute Gasteiger partial charge is 0.434 e. The Bertz CT molecular complexity index is 578. The van der Waals surface area contributed by atoms with Crippen molar-refractivity contribution in [3.63, 3.8) is 0 Å². The molecule has 1 heterocycles. The lowest BCUT2D eigenvalue weighted by Crippen LogP contribution is -2.17. The molecule has 1 aromatic heterocycles. The molecule has 0 amide bonds. The quantitative estimate of drug-likeness (QED) is 0.633. The number of ether oxygens (including phenoxy) is 1. The average molecular weight is 308 g/mol. The highest BCUT2D eigenvalue weighted by Crippen LogP contribution is 2.33. The molecule has 0 radical (unpaired) electrons. The second-order valence-electron chi connectivity index (χ2n) is 3.81. The number of hydrogen-bond acceptors (Lipinski definition) is 4. The first-order chi connectivity index (χ1) is 9.70. The first-order valence-electron chi connectivity index (χ1n) is 5.65. The molecular weight excluding hydrogens is 299 g/mol. The van der Waals surface area contributed by atoms with Crippen molar-refractivity contribution in [1.29, 1.82) is 5.26 Å². The number of carbonyl (C=O) groups excluding carboxylic acids is 1. The second kappa shape index (κ2) is 6.47. The summed E-state index contributed by atoms with van der Waals surface area (Å²) < 4.78 is 68.3. The highest BCUT2D eigenvalue weighted by Gasteiger charge is 2.37. The molecule has 0 aliphatic carbocycles. The number of nitriles is 1. The number of rotatable bonds is 4. The molecule has 9 heteroatoms. The number of carbonyl (C=O) groups is 1. The number of halogens is 5. The first kappa shape index (κ1) is 16.8. The monoisotopic (exact) mass is 308 g/mol. The van der Waals surface area contributed by atoms with Crippen molar-refractivity contribution in [2.24, 2.45) is 0 Å². The van der Waals surface area contributed by atoms with E-state index in [9.17, 15) is 26.7 Å². The maximum absolute atomic E-state index is 12.8. The zero-order valence-electron chi connectivity index (χ0n) is 10.7. The van der Waals surface area contributed by atoms with E-state index in [1.807, 2.05) is 0 Å². The Morgan fingerprint density at radius 3 is 2.52 bits per heavy atom. The van der Waals surface area contributed by atoms with Gasteiger partial charge in [-0.2, -0.15) is 18.4 Å². The van der Waals surface area contributed by atoms with E-state index in [-0.39, 0.29) is 6.61 Å². The standard InChI is InChI=1S/C12H9F5N2O2/c1-2-21-9(20)4-8-7(11(13)14)3-6(5-18)10(19-8)12(15,16)17/h3,11H,2,4H2,1H3. The zero-order valence-corrected chi connectivity index (χ0v) is 10.7. The number of nitrogens with zero attached hydrogens (tertiary/aromatic N) is 2. The van der Waals surface area contributed by atoms with Gasteiger partial charge in [0.15, 0.2) is 5.69 Å². The molecule has 0 aliphatic rings. The molecular formula is C12H9F5N2O2. The predicted molar refractivity (Wildman–Crippen MR) is 59.2 cm³/mol. The van der Waals surface area contributed by atoms with Gasteiger partial charge in [0.1, 0.15) is 6.07 Å². The van der Waals surface area contributed by atoms with Crippen LogP contribution in [0.25, 0.3) is 0 Å². The number of hydrogen-bond donors (Lipinski definition) is 0. The van der Waals surface area contributed by atoms with Gasteiger partial charge >= 0.3 is 12.1 Å². The predicted octanol–water partition coefficient (Wildman–Crippen LogP) is 3.02. The van der Waals surface area contributed by atoms with Crippen molar-refractivity contribution in [2.45, 2.75) is 25.9 Å². The van der Waals surface area contributed by atoms with Crippen molar-refractivity contribution in [1.82, 2.24) is 4.98 Å². The normalized spacial score (nSPS) is 11.3. The van der Waals surface area contributed by atoms with Crippen LogP contribution in [0.4, 0.5) is 22.0 Å². The van der Waals surface area contributed by atoms with Crippen LogP contribution in [-0.2, 0) is 22.1 Å². The summed E-state index contributed by atoms with van der Waals surface area (Å²) in [5.41, 5.74) is -4.28. The summed E-state index contributed by atoms with van der Waals surface area (Å²) in [5, 5.41) is 8.62. The molecule has 21 heavy (non-hydrogen) atoms. The minimum Gasteiger partial charge on any atom is -0.466 e. The number of esters is 1. The largest absolute Gasteiger partial charge is 0.466 e. The van der Waals surface area contributed by atoms with Crippen LogP contribution in [0.2, 0.25) is 0 Å². The fraction of sp³-hybridized carbons (Fsp3) is 0.417. The Morgan fingerprint density at radius 1 is 1.48 bits per heavy atom. The second-order valence-corrected chi connectivity index (χ2v) is 3.81. The summed E-state index contributed by atoms with van der Waals surface area (Å²) in [7, 11) is 0. The van der Waals surface area contributed by atoms with Gasteiger partial charge in [-0.1, -0.05) is 0 Å². The van der Waals surface area contributed by atoms with Crippen LogP contribution in [0.15, 0.2) is 6.07 Å². The lowest BCUT2D eigenvalue weighted by Gasteiger charge is -2.13. The third-order valence-electron chi connectivity index (χ3n) is 2.38. The minimum atomic E-state index is -4.99. The maximum atomic E-state index is 12.8. The van der Waals surface area contributed by atoms with Gasteiger partial charge in [0.2, 0.25) is 0 Å². The molecule has 0 atom stereocenters. The molecule has 114 valence electrons. The van der Waals surface area contributed by atoms with Crippen molar-refractivity contribution < 1.29 is 31.5 Å². The van der Waals surface area contributed by atoms with Crippen molar-refractivity contribution >= 4 is 5.97 Å². The third-order valence-corrected chi connectivity index (χ3v) is 2.38. The lowest BCUT2D eigenvalue weighted by molar-refractivity contribution is -0.144. The van der Waals surface area contributed by atoms with Gasteiger partial charge in [-0.25, -0.2) is 13.8 Å². The average Bonchev–Trinajstić information content (AvgIpc) is 2.37. The van der Waals surface area contributed by atoms with Crippen molar-refractivity contribution in [3.05, 3.63) is 28.6 Å². The summed E-state index contributed by atoms with van der Waals surface area (Å²) in [4.78, 5) is 14.3. The number of alkyl halides is 5. The number of aromatic nitrogens is 1. The SMILES string of the molecule is CCOC(=O)Cc1nc(C(F)(F)F)c(C#N)cc1C(F)F. The molecule has 0 aromatic carbocycles. The van der Waals surface area contributed by atoms with Crippen molar-refractivity contribution in [3.8, 4) is 6.07 Å². The lowest BCUT2D eigenvalue weighted by atomic mass is 10.1. The van der Waals surface area contributed by atoms with Crippen LogP contribution in [0.5, 0.6) is 0 Å². The van der Waals surface area contributed by atoms with E-state index in [0.717, 1.165) is 0 Å². The van der Waals surface area contributed by atoms with E-state index in [1.54, 1.807) is 0 Å². The Balaban J connectivity index is 3.39. The minimum absolute atomic E-state index is 0.0503.